The fourth-order valence-electron chi connectivity index (χ4n) is 1.74. The van der Waals surface area contributed by atoms with E-state index in [4.69, 9.17) is 10.5 Å². The smallest absolute Gasteiger partial charge is 0.195 e. The lowest BCUT2D eigenvalue weighted by molar-refractivity contribution is 0.103. The summed E-state index contributed by atoms with van der Waals surface area (Å²) >= 11 is 0. The molecule has 0 aliphatic rings. The largest absolute Gasteiger partial charge is 0.494 e. The summed E-state index contributed by atoms with van der Waals surface area (Å²) in [5.74, 6) is -0.309. The summed E-state index contributed by atoms with van der Waals surface area (Å²) in [6.07, 6.45) is 0. The van der Waals surface area contributed by atoms with Crippen molar-refractivity contribution in [1.82, 2.24) is 0 Å². The molecule has 0 spiro atoms. The molecule has 0 saturated heterocycles. The number of carbonyl (C=O) groups excluding carboxylic acids is 1. The van der Waals surface area contributed by atoms with Crippen LogP contribution in [0.2, 0.25) is 0 Å². The zero-order valence-corrected chi connectivity index (χ0v) is 10.5. The fourth-order valence-corrected chi connectivity index (χ4v) is 1.74. The molecule has 0 aromatic heterocycles. The number of rotatable bonds is 4. The molecule has 0 fully saturated rings. The summed E-state index contributed by atoms with van der Waals surface area (Å²) in [6, 6.07) is 10.6. The molecule has 0 radical (unpaired) electrons. The Balaban J connectivity index is 2.28. The second-order valence-electron chi connectivity index (χ2n) is 4.03. The van der Waals surface area contributed by atoms with Crippen molar-refractivity contribution in [3.05, 3.63) is 59.4 Å². The topological polar surface area (TPSA) is 52.3 Å². The Morgan fingerprint density at radius 1 is 1.21 bits per heavy atom. The lowest BCUT2D eigenvalue weighted by Gasteiger charge is -2.06. The van der Waals surface area contributed by atoms with E-state index in [2.05, 4.69) is 0 Å². The van der Waals surface area contributed by atoms with E-state index in [1.54, 1.807) is 24.3 Å². The maximum Gasteiger partial charge on any atom is 0.195 e. The van der Waals surface area contributed by atoms with Crippen LogP contribution in [0, 0.1) is 5.82 Å². The number of hydrogen-bond donors (Lipinski definition) is 1. The Kier molecular flexibility index (Phi) is 3.80. The summed E-state index contributed by atoms with van der Waals surface area (Å²) in [6.45, 7) is 2.43. The van der Waals surface area contributed by atoms with Gasteiger partial charge < -0.3 is 10.5 Å². The molecule has 0 heterocycles. The van der Waals surface area contributed by atoms with Crippen molar-refractivity contribution >= 4 is 11.5 Å². The Bertz CT molecular complexity index is 594. The number of carbonyl (C=O) groups is 1. The minimum Gasteiger partial charge on any atom is -0.494 e. The molecule has 0 saturated carbocycles. The highest BCUT2D eigenvalue weighted by Crippen LogP contribution is 2.18. The third kappa shape index (κ3) is 2.91. The van der Waals surface area contributed by atoms with Crippen LogP contribution < -0.4 is 10.5 Å². The van der Waals surface area contributed by atoms with E-state index in [1.165, 1.54) is 12.1 Å². The van der Waals surface area contributed by atoms with Gasteiger partial charge >= 0.3 is 0 Å². The molecule has 3 nitrogen and oxygen atoms in total. The molecule has 2 aromatic carbocycles. The number of anilines is 1. The van der Waals surface area contributed by atoms with Gasteiger partial charge in [0.2, 0.25) is 0 Å². The van der Waals surface area contributed by atoms with E-state index < -0.39 is 5.82 Å². The Morgan fingerprint density at radius 2 is 1.89 bits per heavy atom. The highest BCUT2D eigenvalue weighted by Gasteiger charge is 2.14. The molecule has 2 aromatic rings. The number of nitrogens with two attached hydrogens (primary N) is 1. The van der Waals surface area contributed by atoms with E-state index >= 15 is 0 Å². The molecular weight excluding hydrogens is 245 g/mol. The van der Waals surface area contributed by atoms with Gasteiger partial charge in [-0.05, 0) is 49.4 Å². The third-order valence-electron chi connectivity index (χ3n) is 2.67. The standard InChI is InChI=1S/C15H14FNO2/c1-2-19-12-6-3-10(4-7-12)15(18)13-8-5-11(17)9-14(13)16/h3-9H,2,17H2,1H3. The second-order valence-corrected chi connectivity index (χ2v) is 4.03. The molecule has 0 amide bonds. The molecule has 0 atom stereocenters. The number of hydrogen-bond acceptors (Lipinski definition) is 3. The number of ether oxygens (including phenoxy) is 1. The van der Waals surface area contributed by atoms with Crippen LogP contribution in [0.1, 0.15) is 22.8 Å². The number of halogens is 1. The van der Waals surface area contributed by atoms with Gasteiger partial charge in [-0.1, -0.05) is 0 Å². The van der Waals surface area contributed by atoms with E-state index in [0.717, 1.165) is 6.07 Å². The molecule has 0 unspecified atom stereocenters. The van der Waals surface area contributed by atoms with Gasteiger partial charge in [0.25, 0.3) is 0 Å². The maximum atomic E-state index is 13.7. The van der Waals surface area contributed by atoms with Gasteiger partial charge in [-0.2, -0.15) is 0 Å². The van der Waals surface area contributed by atoms with E-state index in [9.17, 15) is 9.18 Å². The van der Waals surface area contributed by atoms with Crippen molar-refractivity contribution in [3.63, 3.8) is 0 Å². The first kappa shape index (κ1) is 13.1. The predicted octanol–water partition coefficient (Wildman–Crippen LogP) is 3.04. The van der Waals surface area contributed by atoms with Crippen molar-refractivity contribution < 1.29 is 13.9 Å². The van der Waals surface area contributed by atoms with Crippen LogP contribution in [-0.2, 0) is 0 Å². The van der Waals surface area contributed by atoms with Crippen molar-refractivity contribution in [2.75, 3.05) is 12.3 Å². The molecule has 19 heavy (non-hydrogen) atoms. The van der Waals surface area contributed by atoms with Gasteiger partial charge in [0.05, 0.1) is 12.2 Å². The molecule has 0 bridgehead atoms. The Hall–Kier alpha value is -2.36. The molecule has 0 aliphatic carbocycles. The van der Waals surface area contributed by atoms with Crippen LogP contribution in [0.5, 0.6) is 5.75 Å². The molecule has 4 heteroatoms. The number of benzene rings is 2. The highest BCUT2D eigenvalue weighted by molar-refractivity contribution is 6.09. The van der Waals surface area contributed by atoms with Crippen LogP contribution in [0.15, 0.2) is 42.5 Å². The first-order chi connectivity index (χ1) is 9.11. The zero-order valence-electron chi connectivity index (χ0n) is 10.5. The second kappa shape index (κ2) is 5.52. The predicted molar refractivity (Wildman–Crippen MR) is 71.9 cm³/mol. The first-order valence-corrected chi connectivity index (χ1v) is 5.94. The van der Waals surface area contributed by atoms with Gasteiger partial charge in [-0.25, -0.2) is 4.39 Å². The average Bonchev–Trinajstić information content (AvgIpc) is 2.39. The Labute approximate surface area is 110 Å². The zero-order chi connectivity index (χ0) is 13.8. The summed E-state index contributed by atoms with van der Waals surface area (Å²) in [7, 11) is 0. The summed E-state index contributed by atoms with van der Waals surface area (Å²) in [4.78, 5) is 12.1. The first-order valence-electron chi connectivity index (χ1n) is 5.94. The number of ketones is 1. The summed E-state index contributed by atoms with van der Waals surface area (Å²) in [5.41, 5.74) is 6.17. The van der Waals surface area contributed by atoms with Crippen molar-refractivity contribution in [1.29, 1.82) is 0 Å². The van der Waals surface area contributed by atoms with Crippen molar-refractivity contribution in [2.45, 2.75) is 6.92 Å². The molecule has 0 aliphatic heterocycles. The molecule has 2 N–H and O–H groups in total. The van der Waals surface area contributed by atoms with Crippen LogP contribution in [0.4, 0.5) is 10.1 Å². The molecular formula is C15H14FNO2. The SMILES string of the molecule is CCOc1ccc(C(=O)c2ccc(N)cc2F)cc1. The van der Waals surface area contributed by atoms with Crippen molar-refractivity contribution in [2.24, 2.45) is 0 Å². The quantitative estimate of drug-likeness (QED) is 0.678. The van der Waals surface area contributed by atoms with E-state index in [-0.39, 0.29) is 11.3 Å². The van der Waals surface area contributed by atoms with Gasteiger partial charge in [0.1, 0.15) is 11.6 Å². The van der Waals surface area contributed by atoms with Gasteiger partial charge in [-0.3, -0.25) is 4.79 Å². The van der Waals surface area contributed by atoms with E-state index in [1.807, 2.05) is 6.92 Å². The highest BCUT2D eigenvalue weighted by atomic mass is 19.1. The lowest BCUT2D eigenvalue weighted by Crippen LogP contribution is -2.05. The molecule has 2 rings (SSSR count). The maximum absolute atomic E-state index is 13.7. The minimum atomic E-state index is -0.612. The third-order valence-corrected chi connectivity index (χ3v) is 2.67. The minimum absolute atomic E-state index is 0.0124. The van der Waals surface area contributed by atoms with Gasteiger partial charge in [0, 0.05) is 11.3 Å². The molecule has 98 valence electrons. The monoisotopic (exact) mass is 259 g/mol. The average molecular weight is 259 g/mol. The normalized spacial score (nSPS) is 10.2. The Morgan fingerprint density at radius 3 is 2.47 bits per heavy atom. The summed E-state index contributed by atoms with van der Waals surface area (Å²) in [5, 5.41) is 0. The number of nitrogen functional groups attached to an aromatic ring is 1. The van der Waals surface area contributed by atoms with Crippen molar-refractivity contribution in [3.8, 4) is 5.75 Å². The van der Waals surface area contributed by atoms with Crippen LogP contribution >= 0.6 is 0 Å². The fraction of sp³-hybridized carbons (Fsp3) is 0.133. The lowest BCUT2D eigenvalue weighted by atomic mass is 10.0. The van der Waals surface area contributed by atoms with Crippen LogP contribution in [0.25, 0.3) is 0 Å². The van der Waals surface area contributed by atoms with Gasteiger partial charge in [0.15, 0.2) is 5.78 Å². The van der Waals surface area contributed by atoms with Gasteiger partial charge in [-0.15, -0.1) is 0 Å². The van der Waals surface area contributed by atoms with E-state index in [0.29, 0.717) is 23.6 Å². The van der Waals surface area contributed by atoms with Crippen LogP contribution in [-0.4, -0.2) is 12.4 Å². The summed E-state index contributed by atoms with van der Waals surface area (Å²) < 4.78 is 18.9. The van der Waals surface area contributed by atoms with Crippen LogP contribution in [0.3, 0.4) is 0 Å².